The molecule has 2 fully saturated rings. The summed E-state index contributed by atoms with van der Waals surface area (Å²) in [5.74, 6) is 0. The molecule has 5 atom stereocenters. The second kappa shape index (κ2) is 4.52. The third kappa shape index (κ3) is 2.88. The molecule has 88 valence electrons. The first kappa shape index (κ1) is 12.2. The second-order valence-corrected chi connectivity index (χ2v) is 7.77. The van der Waals surface area contributed by atoms with Gasteiger partial charge in [-0.2, -0.15) is 0 Å². The largest absolute Gasteiger partial charge is 0.326 e. The Morgan fingerprint density at radius 3 is 2.47 bits per heavy atom. The van der Waals surface area contributed by atoms with Gasteiger partial charge in [0.25, 0.3) is 0 Å². The van der Waals surface area contributed by atoms with Crippen LogP contribution in [-0.4, -0.2) is 22.3 Å². The van der Waals surface area contributed by atoms with Crippen LogP contribution >= 0.6 is 21.0 Å². The van der Waals surface area contributed by atoms with Gasteiger partial charge in [0.05, 0.1) is 5.37 Å². The molecule has 4 heteroatoms. The van der Waals surface area contributed by atoms with Crippen LogP contribution in [0.5, 0.6) is 0 Å². The number of hydrogen-bond donors (Lipinski definition) is 2. The number of thioether (sulfide) groups is 1. The minimum absolute atomic E-state index is 0.143. The van der Waals surface area contributed by atoms with Gasteiger partial charge in [0.2, 0.25) is 0 Å². The van der Waals surface area contributed by atoms with Gasteiger partial charge < -0.3 is 11.5 Å². The van der Waals surface area contributed by atoms with E-state index >= 15 is 0 Å². The highest BCUT2D eigenvalue weighted by Gasteiger charge is 2.48. The van der Waals surface area contributed by atoms with Crippen molar-refractivity contribution in [2.45, 2.75) is 61.4 Å². The van der Waals surface area contributed by atoms with E-state index in [1.807, 2.05) is 11.8 Å². The number of hydrogen-bond acceptors (Lipinski definition) is 3. The maximum Gasteiger partial charge on any atom is 0.0663 e. The minimum Gasteiger partial charge on any atom is -0.326 e. The molecule has 4 N–H and O–H groups in total. The Labute approximate surface area is 99.5 Å². The Morgan fingerprint density at radius 1 is 1.47 bits per heavy atom. The molecule has 5 unspecified atom stereocenters. The standard InChI is InChI=1S/C11H23N2PS/c1-11(6-9(11)14)5-8(12)10(13)15-7-3-2-4-7/h7-10H,2-6,12-14H2,1H3. The first-order valence-corrected chi connectivity index (χ1v) is 7.54. The third-order valence-corrected chi connectivity index (χ3v) is 6.51. The molecular formula is C11H23N2PS. The monoisotopic (exact) mass is 246 g/mol. The van der Waals surface area contributed by atoms with Gasteiger partial charge in [0.1, 0.15) is 0 Å². The molecule has 0 heterocycles. The van der Waals surface area contributed by atoms with Crippen LogP contribution in [0.25, 0.3) is 0 Å². The quantitative estimate of drug-likeness (QED) is 0.575. The van der Waals surface area contributed by atoms with Crippen LogP contribution in [0, 0.1) is 5.41 Å². The maximum atomic E-state index is 6.18. The molecule has 0 saturated heterocycles. The lowest BCUT2D eigenvalue weighted by atomic mass is 9.99. The summed E-state index contributed by atoms with van der Waals surface area (Å²) in [6.45, 7) is 2.32. The van der Waals surface area contributed by atoms with Gasteiger partial charge in [-0.15, -0.1) is 21.0 Å². The molecule has 0 bridgehead atoms. The number of nitrogens with two attached hydrogens (primary N) is 2. The Hall–Kier alpha value is 0.700. The van der Waals surface area contributed by atoms with E-state index in [0.717, 1.165) is 17.3 Å². The molecule has 2 saturated carbocycles. The van der Waals surface area contributed by atoms with E-state index in [9.17, 15) is 0 Å². The van der Waals surface area contributed by atoms with Crippen molar-refractivity contribution in [2.24, 2.45) is 16.9 Å². The van der Waals surface area contributed by atoms with E-state index in [0.29, 0.717) is 5.41 Å². The van der Waals surface area contributed by atoms with Crippen molar-refractivity contribution >= 4 is 21.0 Å². The van der Waals surface area contributed by atoms with Gasteiger partial charge in [-0.3, -0.25) is 0 Å². The van der Waals surface area contributed by atoms with Gasteiger partial charge in [0.15, 0.2) is 0 Å². The van der Waals surface area contributed by atoms with Crippen LogP contribution in [0.3, 0.4) is 0 Å². The molecule has 2 aliphatic carbocycles. The number of rotatable bonds is 5. The van der Waals surface area contributed by atoms with Crippen molar-refractivity contribution in [1.82, 2.24) is 0 Å². The molecule has 0 aromatic rings. The van der Waals surface area contributed by atoms with Crippen molar-refractivity contribution in [3.05, 3.63) is 0 Å². The van der Waals surface area contributed by atoms with Crippen molar-refractivity contribution < 1.29 is 0 Å². The minimum atomic E-state index is 0.143. The molecule has 0 radical (unpaired) electrons. The second-order valence-electron chi connectivity index (χ2n) is 5.49. The SMILES string of the molecule is CC1(CC(N)C(N)SC2CCC2)CC1P. The first-order chi connectivity index (χ1) is 7.01. The zero-order valence-corrected chi connectivity index (χ0v) is 11.5. The van der Waals surface area contributed by atoms with E-state index in [-0.39, 0.29) is 11.4 Å². The highest BCUT2D eigenvalue weighted by molar-refractivity contribution is 8.00. The summed E-state index contributed by atoms with van der Waals surface area (Å²) in [7, 11) is 2.91. The van der Waals surface area contributed by atoms with Crippen LogP contribution in [-0.2, 0) is 0 Å². The molecule has 15 heavy (non-hydrogen) atoms. The predicted molar refractivity (Wildman–Crippen MR) is 72.0 cm³/mol. The lowest BCUT2D eigenvalue weighted by Crippen LogP contribution is -2.42. The topological polar surface area (TPSA) is 52.0 Å². The van der Waals surface area contributed by atoms with Crippen LogP contribution in [0.1, 0.15) is 39.0 Å². The highest BCUT2D eigenvalue weighted by atomic mass is 32.2. The zero-order chi connectivity index (χ0) is 11.1. The molecule has 0 aromatic carbocycles. The fourth-order valence-corrected chi connectivity index (χ4v) is 4.19. The van der Waals surface area contributed by atoms with Crippen LogP contribution in [0.4, 0.5) is 0 Å². The van der Waals surface area contributed by atoms with Crippen LogP contribution < -0.4 is 11.5 Å². The highest BCUT2D eigenvalue weighted by Crippen LogP contribution is 2.54. The molecule has 0 amide bonds. The molecular weight excluding hydrogens is 223 g/mol. The maximum absolute atomic E-state index is 6.18. The molecule has 2 nitrogen and oxygen atoms in total. The van der Waals surface area contributed by atoms with Crippen molar-refractivity contribution in [2.75, 3.05) is 0 Å². The molecule has 2 aliphatic rings. The van der Waals surface area contributed by atoms with Crippen LogP contribution in [0.15, 0.2) is 0 Å². The van der Waals surface area contributed by atoms with E-state index in [1.165, 1.54) is 25.7 Å². The summed E-state index contributed by atoms with van der Waals surface area (Å²) in [4.78, 5) is 0. The van der Waals surface area contributed by atoms with Gasteiger partial charge in [-0.25, -0.2) is 0 Å². The molecule has 0 spiro atoms. The summed E-state index contributed by atoms with van der Waals surface area (Å²) in [5, 5.41) is 0.940. The van der Waals surface area contributed by atoms with Crippen molar-refractivity contribution in [3.8, 4) is 0 Å². The van der Waals surface area contributed by atoms with E-state index in [4.69, 9.17) is 11.5 Å². The van der Waals surface area contributed by atoms with Gasteiger partial charge >= 0.3 is 0 Å². The fourth-order valence-electron chi connectivity index (χ4n) is 2.16. The summed E-state index contributed by atoms with van der Waals surface area (Å²) < 4.78 is 0. The Kier molecular flexibility index (Phi) is 3.67. The van der Waals surface area contributed by atoms with E-state index in [1.54, 1.807) is 0 Å². The van der Waals surface area contributed by atoms with Gasteiger partial charge in [-0.1, -0.05) is 13.3 Å². The molecule has 0 aliphatic heterocycles. The Balaban J connectivity index is 1.72. The molecule has 2 rings (SSSR count). The van der Waals surface area contributed by atoms with E-state index in [2.05, 4.69) is 16.2 Å². The third-order valence-electron chi connectivity index (χ3n) is 3.95. The normalized spacial score (nSPS) is 39.6. The summed E-state index contributed by atoms with van der Waals surface area (Å²) in [6.07, 6.45) is 6.45. The lowest BCUT2D eigenvalue weighted by molar-refractivity contribution is 0.439. The zero-order valence-electron chi connectivity index (χ0n) is 9.49. The van der Waals surface area contributed by atoms with Crippen LogP contribution in [0.2, 0.25) is 0 Å². The average molecular weight is 246 g/mol. The lowest BCUT2D eigenvalue weighted by Gasteiger charge is -2.31. The fraction of sp³-hybridized carbons (Fsp3) is 1.00. The van der Waals surface area contributed by atoms with Gasteiger partial charge in [-0.05, 0) is 36.8 Å². The Morgan fingerprint density at radius 2 is 2.07 bits per heavy atom. The predicted octanol–water partition coefficient (Wildman–Crippen LogP) is 1.93. The molecule has 0 aromatic heterocycles. The van der Waals surface area contributed by atoms with E-state index < -0.39 is 0 Å². The first-order valence-electron chi connectivity index (χ1n) is 5.93. The summed E-state index contributed by atoms with van der Waals surface area (Å²) >= 11 is 1.91. The average Bonchev–Trinajstić information content (AvgIpc) is 2.66. The van der Waals surface area contributed by atoms with Crippen molar-refractivity contribution in [1.29, 1.82) is 0 Å². The van der Waals surface area contributed by atoms with Crippen molar-refractivity contribution in [3.63, 3.8) is 0 Å². The smallest absolute Gasteiger partial charge is 0.0663 e. The Bertz CT molecular complexity index is 235. The summed E-state index contributed by atoms with van der Waals surface area (Å²) in [6, 6.07) is 0.172. The summed E-state index contributed by atoms with van der Waals surface area (Å²) in [5.41, 5.74) is 13.5. The van der Waals surface area contributed by atoms with Gasteiger partial charge in [0, 0.05) is 11.3 Å².